The van der Waals surface area contributed by atoms with Gasteiger partial charge in [0.05, 0.1) is 12.2 Å². The first-order valence-electron chi connectivity index (χ1n) is 5.39. The van der Waals surface area contributed by atoms with Crippen LogP contribution >= 0.6 is 15.9 Å². The number of carboxylic acid groups (broad SMARTS) is 1. The summed E-state index contributed by atoms with van der Waals surface area (Å²) in [6, 6.07) is 2.30. The molecule has 4 amide bonds. The van der Waals surface area contributed by atoms with Crippen molar-refractivity contribution >= 4 is 39.7 Å². The van der Waals surface area contributed by atoms with E-state index in [1.807, 2.05) is 0 Å². The topological polar surface area (TPSA) is 108 Å². The van der Waals surface area contributed by atoms with Crippen molar-refractivity contribution in [1.82, 2.24) is 14.8 Å². The quantitative estimate of drug-likeness (QED) is 0.619. The molecule has 1 N–H and O–H groups in total. The van der Waals surface area contributed by atoms with Gasteiger partial charge < -0.3 is 5.11 Å². The Balaban J connectivity index is 2.18. The maximum absolute atomic E-state index is 11.8. The van der Waals surface area contributed by atoms with E-state index in [0.717, 1.165) is 4.47 Å². The third-order valence-electron chi connectivity index (χ3n) is 2.54. The third-order valence-corrected chi connectivity index (χ3v) is 3.01. The van der Waals surface area contributed by atoms with Crippen LogP contribution in [0.5, 0.6) is 0 Å². The van der Waals surface area contributed by atoms with E-state index in [2.05, 4.69) is 20.9 Å². The number of rotatable bonds is 4. The zero-order valence-corrected chi connectivity index (χ0v) is 11.5. The number of aromatic nitrogens is 1. The highest BCUT2D eigenvalue weighted by molar-refractivity contribution is 9.10. The molecule has 2 heterocycles. The van der Waals surface area contributed by atoms with E-state index in [4.69, 9.17) is 5.11 Å². The third kappa shape index (κ3) is 2.67. The molecular formula is C11H8BrN3O5. The number of pyridine rings is 1. The van der Waals surface area contributed by atoms with Crippen LogP contribution in [0.3, 0.4) is 0 Å². The molecule has 0 aliphatic carbocycles. The second-order valence-electron chi connectivity index (χ2n) is 3.93. The van der Waals surface area contributed by atoms with E-state index in [9.17, 15) is 19.2 Å². The molecule has 0 unspecified atom stereocenters. The maximum atomic E-state index is 11.8. The fourth-order valence-electron chi connectivity index (χ4n) is 1.63. The normalized spacial score (nSPS) is 15.2. The predicted molar refractivity (Wildman–Crippen MR) is 67.2 cm³/mol. The Hall–Kier alpha value is -2.29. The minimum atomic E-state index is -1.37. The summed E-state index contributed by atoms with van der Waals surface area (Å²) in [5.74, 6) is -3.57. The molecule has 1 aliphatic rings. The molecule has 0 atom stereocenters. The molecule has 104 valence electrons. The second kappa shape index (κ2) is 5.37. The van der Waals surface area contributed by atoms with Crippen molar-refractivity contribution in [3.8, 4) is 0 Å². The van der Waals surface area contributed by atoms with Gasteiger partial charge in [0.2, 0.25) is 0 Å². The zero-order chi connectivity index (χ0) is 14.9. The predicted octanol–water partition coefficient (Wildman–Crippen LogP) is 0.220. The van der Waals surface area contributed by atoms with Crippen LogP contribution in [-0.4, -0.2) is 50.2 Å². The zero-order valence-electron chi connectivity index (χ0n) is 9.95. The maximum Gasteiger partial charge on any atom is 0.335 e. The number of hydrogen-bond donors (Lipinski definition) is 1. The molecule has 1 saturated heterocycles. The number of imide groups is 2. The van der Waals surface area contributed by atoms with Gasteiger partial charge in [-0.2, -0.15) is 0 Å². The van der Waals surface area contributed by atoms with Crippen LogP contribution in [0.1, 0.15) is 5.69 Å². The Labute approximate surface area is 121 Å². The molecule has 0 saturated carbocycles. The van der Waals surface area contributed by atoms with Gasteiger partial charge in [0, 0.05) is 10.7 Å². The summed E-state index contributed by atoms with van der Waals surface area (Å²) in [6.07, 6.45) is 1.48. The van der Waals surface area contributed by atoms with Crippen molar-refractivity contribution in [3.63, 3.8) is 0 Å². The summed E-state index contributed by atoms with van der Waals surface area (Å²) in [5, 5.41) is 8.61. The second-order valence-corrected chi connectivity index (χ2v) is 4.84. The minimum Gasteiger partial charge on any atom is -0.480 e. The smallest absolute Gasteiger partial charge is 0.335 e. The van der Waals surface area contributed by atoms with Crippen LogP contribution in [0, 0.1) is 0 Å². The number of carboxylic acids is 1. The highest BCUT2D eigenvalue weighted by atomic mass is 79.9. The molecular weight excluding hydrogens is 334 g/mol. The van der Waals surface area contributed by atoms with Gasteiger partial charge in [-0.25, -0.2) is 14.6 Å². The van der Waals surface area contributed by atoms with Crippen molar-refractivity contribution in [1.29, 1.82) is 0 Å². The van der Waals surface area contributed by atoms with Gasteiger partial charge in [-0.05, 0) is 28.1 Å². The Kier molecular flexibility index (Phi) is 3.79. The lowest BCUT2D eigenvalue weighted by Gasteiger charge is -2.13. The first-order chi connectivity index (χ1) is 9.40. The van der Waals surface area contributed by atoms with E-state index >= 15 is 0 Å². The van der Waals surface area contributed by atoms with Gasteiger partial charge in [0.1, 0.15) is 6.54 Å². The van der Waals surface area contributed by atoms with Gasteiger partial charge in [-0.3, -0.25) is 19.4 Å². The van der Waals surface area contributed by atoms with Crippen molar-refractivity contribution in [2.24, 2.45) is 0 Å². The standard InChI is InChI=1S/C11H8BrN3O5/c12-6-1-2-7(13-3-6)4-14-9(18)10(19)15(11(14)20)5-8(16)17/h1-3H,4-5H2,(H,16,17). The Bertz CT molecular complexity index is 601. The first kappa shape index (κ1) is 14.1. The number of aliphatic carboxylic acids is 1. The number of urea groups is 1. The highest BCUT2D eigenvalue weighted by Crippen LogP contribution is 2.16. The molecule has 20 heavy (non-hydrogen) atoms. The number of amides is 4. The molecule has 2 rings (SSSR count). The van der Waals surface area contributed by atoms with Crippen molar-refractivity contribution in [2.75, 3.05) is 6.54 Å². The molecule has 1 aliphatic heterocycles. The van der Waals surface area contributed by atoms with Crippen molar-refractivity contribution < 1.29 is 24.3 Å². The van der Waals surface area contributed by atoms with Crippen molar-refractivity contribution in [3.05, 3.63) is 28.5 Å². The van der Waals surface area contributed by atoms with Crippen LogP contribution in [0.15, 0.2) is 22.8 Å². The Morgan fingerprint density at radius 3 is 2.40 bits per heavy atom. The van der Waals surface area contributed by atoms with Crippen molar-refractivity contribution in [2.45, 2.75) is 6.54 Å². The summed E-state index contributed by atoms with van der Waals surface area (Å²) in [5.41, 5.74) is 0.403. The molecule has 8 nitrogen and oxygen atoms in total. The largest absolute Gasteiger partial charge is 0.480 e. The lowest BCUT2D eigenvalue weighted by Crippen LogP contribution is -2.36. The fraction of sp³-hybridized carbons (Fsp3) is 0.182. The van der Waals surface area contributed by atoms with E-state index in [0.29, 0.717) is 15.5 Å². The van der Waals surface area contributed by atoms with Gasteiger partial charge in [-0.1, -0.05) is 0 Å². The Morgan fingerprint density at radius 1 is 1.20 bits per heavy atom. The average molecular weight is 342 g/mol. The van der Waals surface area contributed by atoms with E-state index in [1.165, 1.54) is 6.20 Å². The van der Waals surface area contributed by atoms with Crippen LogP contribution in [0.2, 0.25) is 0 Å². The summed E-state index contributed by atoms with van der Waals surface area (Å²) < 4.78 is 0.726. The summed E-state index contributed by atoms with van der Waals surface area (Å²) in [6.45, 7) is -1.03. The molecule has 9 heteroatoms. The number of hydrogen-bond acceptors (Lipinski definition) is 5. The van der Waals surface area contributed by atoms with Crippen LogP contribution in [0.4, 0.5) is 4.79 Å². The van der Waals surface area contributed by atoms with Crippen LogP contribution in [-0.2, 0) is 20.9 Å². The van der Waals surface area contributed by atoms with Crippen LogP contribution in [0.25, 0.3) is 0 Å². The molecule has 0 radical (unpaired) electrons. The molecule has 1 aromatic heterocycles. The highest BCUT2D eigenvalue weighted by Gasteiger charge is 2.45. The Morgan fingerprint density at radius 2 is 1.85 bits per heavy atom. The van der Waals surface area contributed by atoms with Gasteiger partial charge in [-0.15, -0.1) is 0 Å². The van der Waals surface area contributed by atoms with E-state index in [1.54, 1.807) is 12.1 Å². The van der Waals surface area contributed by atoms with E-state index < -0.39 is 30.4 Å². The molecule has 1 fully saturated rings. The SMILES string of the molecule is O=C(O)CN1C(=O)C(=O)N(Cc2ccc(Br)cn2)C1=O. The average Bonchev–Trinajstić information content (AvgIpc) is 2.58. The number of carbonyl (C=O) groups excluding carboxylic acids is 3. The summed E-state index contributed by atoms with van der Waals surface area (Å²) >= 11 is 3.19. The molecule has 1 aromatic rings. The first-order valence-corrected chi connectivity index (χ1v) is 6.19. The minimum absolute atomic E-state index is 0.188. The van der Waals surface area contributed by atoms with Crippen LogP contribution < -0.4 is 0 Å². The van der Waals surface area contributed by atoms with Gasteiger partial charge in [0.25, 0.3) is 0 Å². The summed E-state index contributed by atoms with van der Waals surface area (Å²) in [7, 11) is 0. The van der Waals surface area contributed by atoms with E-state index in [-0.39, 0.29) is 6.54 Å². The monoisotopic (exact) mass is 341 g/mol. The molecule has 0 aromatic carbocycles. The number of carbonyl (C=O) groups is 4. The number of halogens is 1. The van der Waals surface area contributed by atoms with Gasteiger partial charge >= 0.3 is 23.8 Å². The lowest BCUT2D eigenvalue weighted by atomic mass is 10.3. The summed E-state index contributed by atoms with van der Waals surface area (Å²) in [4.78, 5) is 50.6. The number of nitrogens with zero attached hydrogens (tertiary/aromatic N) is 3. The van der Waals surface area contributed by atoms with Gasteiger partial charge in [0.15, 0.2) is 0 Å². The molecule has 0 spiro atoms. The molecule has 0 bridgehead atoms. The lowest BCUT2D eigenvalue weighted by molar-refractivity contribution is -0.146. The fourth-order valence-corrected chi connectivity index (χ4v) is 1.86.